The largest absolute Gasteiger partial charge is 0.381 e. The Morgan fingerprint density at radius 2 is 2.06 bits per heavy atom. The average Bonchev–Trinajstić information content (AvgIpc) is 2.71. The zero-order chi connectivity index (χ0) is 13.3. The van der Waals surface area contributed by atoms with Gasteiger partial charge in [0.15, 0.2) is 9.84 Å². The highest BCUT2D eigenvalue weighted by atomic mass is 127. The number of sulfone groups is 1. The fourth-order valence-corrected chi connectivity index (χ4v) is 4.41. The Morgan fingerprint density at radius 1 is 1.33 bits per heavy atom. The van der Waals surface area contributed by atoms with E-state index in [1.165, 1.54) is 15.4 Å². The van der Waals surface area contributed by atoms with Crippen molar-refractivity contribution in [3.63, 3.8) is 0 Å². The molecule has 5 heteroatoms. The molecule has 0 aromatic heterocycles. The van der Waals surface area contributed by atoms with Gasteiger partial charge in [-0.05, 0) is 66.5 Å². The van der Waals surface area contributed by atoms with Gasteiger partial charge >= 0.3 is 0 Å². The number of halogens is 1. The van der Waals surface area contributed by atoms with Crippen LogP contribution in [0.15, 0.2) is 18.2 Å². The Hall–Kier alpha value is -0.300. The van der Waals surface area contributed by atoms with Gasteiger partial charge in [-0.25, -0.2) is 8.42 Å². The predicted octanol–water partition coefficient (Wildman–Crippen LogP) is 2.98. The van der Waals surface area contributed by atoms with Gasteiger partial charge in [-0.3, -0.25) is 0 Å². The van der Waals surface area contributed by atoms with E-state index in [0.29, 0.717) is 0 Å². The summed E-state index contributed by atoms with van der Waals surface area (Å²) in [4.78, 5) is 0. The Labute approximate surface area is 122 Å². The summed E-state index contributed by atoms with van der Waals surface area (Å²) in [5.74, 6) is 0. The zero-order valence-corrected chi connectivity index (χ0v) is 13.6. The van der Waals surface area contributed by atoms with Gasteiger partial charge in [-0.1, -0.05) is 6.07 Å². The number of hydrogen-bond donors (Lipinski definition) is 1. The summed E-state index contributed by atoms with van der Waals surface area (Å²) in [6, 6.07) is 6.22. The van der Waals surface area contributed by atoms with Crippen LogP contribution in [0.25, 0.3) is 0 Å². The van der Waals surface area contributed by atoms with Crippen LogP contribution in [0.1, 0.15) is 24.8 Å². The lowest BCUT2D eigenvalue weighted by Crippen LogP contribution is -2.34. The van der Waals surface area contributed by atoms with Crippen molar-refractivity contribution in [3.8, 4) is 0 Å². The van der Waals surface area contributed by atoms with Crippen LogP contribution in [-0.2, 0) is 9.84 Å². The Bertz CT molecular complexity index is 542. The molecule has 1 aromatic rings. The Morgan fingerprint density at radius 3 is 2.67 bits per heavy atom. The summed E-state index contributed by atoms with van der Waals surface area (Å²) in [5.41, 5.74) is 2.26. The fraction of sp³-hybridized carbons (Fsp3) is 0.538. The maximum absolute atomic E-state index is 11.7. The summed E-state index contributed by atoms with van der Waals surface area (Å²) < 4.78 is 24.6. The number of benzene rings is 1. The van der Waals surface area contributed by atoms with Gasteiger partial charge in [-0.15, -0.1) is 0 Å². The first-order chi connectivity index (χ1) is 8.38. The van der Waals surface area contributed by atoms with Crippen LogP contribution in [0.3, 0.4) is 0 Å². The van der Waals surface area contributed by atoms with Crippen molar-refractivity contribution >= 4 is 38.1 Å². The van der Waals surface area contributed by atoms with E-state index in [1.807, 2.05) is 6.07 Å². The average molecular weight is 379 g/mol. The quantitative estimate of drug-likeness (QED) is 0.822. The Kier molecular flexibility index (Phi) is 4.21. The molecule has 0 amide bonds. The molecular formula is C13H18INO2S. The molecule has 1 saturated carbocycles. The molecule has 2 unspecified atom stereocenters. The lowest BCUT2D eigenvalue weighted by molar-refractivity contribution is 0.579. The second-order valence-electron chi connectivity index (χ2n) is 5.01. The van der Waals surface area contributed by atoms with E-state index < -0.39 is 9.84 Å². The lowest BCUT2D eigenvalue weighted by Gasteiger charge is -2.21. The summed E-state index contributed by atoms with van der Waals surface area (Å²) in [5, 5.41) is 3.14. The molecule has 100 valence electrons. The molecule has 1 aliphatic carbocycles. The predicted molar refractivity (Wildman–Crippen MR) is 83.8 cm³/mol. The maximum Gasteiger partial charge on any atom is 0.152 e. The topological polar surface area (TPSA) is 46.2 Å². The third-order valence-corrected chi connectivity index (χ3v) is 6.35. The standard InChI is InChI=1S/C13H18INO2S/c1-9-6-7-10(8-11(9)14)15-12-4-3-5-13(12)18(2,16)17/h6-8,12-13,15H,3-5H2,1-2H3. The zero-order valence-electron chi connectivity index (χ0n) is 10.6. The molecule has 1 N–H and O–H groups in total. The normalized spacial score (nSPS) is 24.2. The van der Waals surface area contributed by atoms with Crippen LogP contribution in [0.4, 0.5) is 5.69 Å². The van der Waals surface area contributed by atoms with Gasteiger partial charge in [0.2, 0.25) is 0 Å². The summed E-state index contributed by atoms with van der Waals surface area (Å²) >= 11 is 2.30. The van der Waals surface area contributed by atoms with Crippen molar-refractivity contribution in [3.05, 3.63) is 27.3 Å². The molecule has 1 aromatic carbocycles. The molecule has 1 aliphatic rings. The fourth-order valence-electron chi connectivity index (χ4n) is 2.50. The number of hydrogen-bond acceptors (Lipinski definition) is 3. The highest BCUT2D eigenvalue weighted by Gasteiger charge is 2.34. The third-order valence-electron chi connectivity index (χ3n) is 3.53. The van der Waals surface area contributed by atoms with Gasteiger partial charge in [0, 0.05) is 21.6 Å². The SMILES string of the molecule is Cc1ccc(NC2CCCC2S(C)(=O)=O)cc1I. The molecule has 0 bridgehead atoms. The molecule has 2 rings (SSSR count). The van der Waals surface area contributed by atoms with Crippen molar-refractivity contribution in [2.75, 3.05) is 11.6 Å². The summed E-state index contributed by atoms with van der Waals surface area (Å²) in [6.45, 7) is 2.07. The first kappa shape index (κ1) is 14.1. The second-order valence-corrected chi connectivity index (χ2v) is 8.44. The molecule has 0 radical (unpaired) electrons. The van der Waals surface area contributed by atoms with Crippen LogP contribution in [0.2, 0.25) is 0 Å². The highest BCUT2D eigenvalue weighted by Crippen LogP contribution is 2.28. The molecule has 0 spiro atoms. The van der Waals surface area contributed by atoms with E-state index in [4.69, 9.17) is 0 Å². The number of rotatable bonds is 3. The number of anilines is 1. The summed E-state index contributed by atoms with van der Waals surface area (Å²) in [6.07, 6.45) is 4.04. The first-order valence-corrected chi connectivity index (χ1v) is 9.13. The smallest absolute Gasteiger partial charge is 0.152 e. The van der Waals surface area contributed by atoms with Gasteiger partial charge in [0.1, 0.15) is 0 Å². The van der Waals surface area contributed by atoms with E-state index in [0.717, 1.165) is 24.9 Å². The molecule has 1 fully saturated rings. The molecule has 0 aliphatic heterocycles. The van der Waals surface area contributed by atoms with Crippen molar-refractivity contribution in [2.24, 2.45) is 0 Å². The first-order valence-electron chi connectivity index (χ1n) is 6.09. The van der Waals surface area contributed by atoms with Crippen LogP contribution in [-0.4, -0.2) is 26.0 Å². The van der Waals surface area contributed by atoms with Crippen molar-refractivity contribution < 1.29 is 8.42 Å². The van der Waals surface area contributed by atoms with Crippen LogP contribution in [0.5, 0.6) is 0 Å². The molecule has 0 heterocycles. The second kappa shape index (κ2) is 5.36. The molecule has 2 atom stereocenters. The van der Waals surface area contributed by atoms with Crippen molar-refractivity contribution in [1.29, 1.82) is 0 Å². The van der Waals surface area contributed by atoms with E-state index in [9.17, 15) is 8.42 Å². The lowest BCUT2D eigenvalue weighted by atomic mass is 10.2. The van der Waals surface area contributed by atoms with Gasteiger partial charge in [-0.2, -0.15) is 0 Å². The van der Waals surface area contributed by atoms with E-state index in [1.54, 1.807) is 0 Å². The monoisotopic (exact) mass is 379 g/mol. The molecule has 3 nitrogen and oxygen atoms in total. The number of nitrogens with one attached hydrogen (secondary N) is 1. The van der Waals surface area contributed by atoms with E-state index in [-0.39, 0.29) is 11.3 Å². The minimum atomic E-state index is -2.95. The minimum Gasteiger partial charge on any atom is -0.381 e. The molecular weight excluding hydrogens is 361 g/mol. The summed E-state index contributed by atoms with van der Waals surface area (Å²) in [7, 11) is -2.95. The number of aryl methyl sites for hydroxylation is 1. The Balaban J connectivity index is 2.16. The molecule has 0 saturated heterocycles. The van der Waals surface area contributed by atoms with Crippen molar-refractivity contribution in [2.45, 2.75) is 37.5 Å². The minimum absolute atomic E-state index is 0.0542. The third kappa shape index (κ3) is 3.17. The van der Waals surface area contributed by atoms with E-state index in [2.05, 4.69) is 47.0 Å². The van der Waals surface area contributed by atoms with Gasteiger partial charge < -0.3 is 5.32 Å². The van der Waals surface area contributed by atoms with Crippen LogP contribution in [0, 0.1) is 10.5 Å². The maximum atomic E-state index is 11.7. The molecule has 18 heavy (non-hydrogen) atoms. The van der Waals surface area contributed by atoms with Crippen molar-refractivity contribution in [1.82, 2.24) is 0 Å². The van der Waals surface area contributed by atoms with E-state index >= 15 is 0 Å². The van der Waals surface area contributed by atoms with Crippen LogP contribution >= 0.6 is 22.6 Å². The van der Waals surface area contributed by atoms with Crippen LogP contribution < -0.4 is 5.32 Å². The highest BCUT2D eigenvalue weighted by molar-refractivity contribution is 14.1. The van der Waals surface area contributed by atoms with Gasteiger partial charge in [0.25, 0.3) is 0 Å². The van der Waals surface area contributed by atoms with Gasteiger partial charge in [0.05, 0.1) is 5.25 Å².